The topological polar surface area (TPSA) is 41.4 Å². The van der Waals surface area contributed by atoms with Crippen molar-refractivity contribution in [3.8, 4) is 0 Å². The van der Waals surface area contributed by atoms with Gasteiger partial charge in [0.2, 0.25) is 5.91 Å². The van der Waals surface area contributed by atoms with Crippen LogP contribution in [0.15, 0.2) is 60.9 Å². The number of piperidine rings is 1. The van der Waals surface area contributed by atoms with Crippen molar-refractivity contribution in [3.63, 3.8) is 0 Å². The lowest BCUT2D eigenvalue weighted by atomic mass is 9.73. The third-order valence-electron chi connectivity index (χ3n) is 7.07. The maximum Gasteiger partial charge on any atom is 0.242 e. The van der Waals surface area contributed by atoms with Gasteiger partial charge in [0.25, 0.3) is 0 Å². The van der Waals surface area contributed by atoms with Gasteiger partial charge in [-0.2, -0.15) is 0 Å². The first-order valence-electron chi connectivity index (χ1n) is 11.2. The third-order valence-corrected chi connectivity index (χ3v) is 7.07. The second-order valence-electron chi connectivity index (χ2n) is 9.22. The number of hydrogen-bond acceptors (Lipinski definition) is 3. The highest BCUT2D eigenvalue weighted by atomic mass is 16.2. The molecule has 5 heteroatoms. The molecule has 3 heterocycles. The first kappa shape index (κ1) is 20.0. The fourth-order valence-corrected chi connectivity index (χ4v) is 5.09. The summed E-state index contributed by atoms with van der Waals surface area (Å²) >= 11 is 0. The molecule has 0 unspecified atom stereocenters. The highest BCUT2D eigenvalue weighted by molar-refractivity contribution is 6.13. The van der Waals surface area contributed by atoms with Gasteiger partial charge in [-0.3, -0.25) is 14.6 Å². The molecule has 1 aromatic heterocycles. The number of likely N-dealkylation sites (tertiary alicyclic amines) is 1. The molecule has 0 saturated carbocycles. The zero-order chi connectivity index (χ0) is 21.6. The standard InChI is InChI=1S/C26H30N4O/c1-19(2)20-9-10-23-22(17-20)26(25(31)30(23)21-7-5-4-6-8-21)11-14-29(15-12-26)18-24-27-13-16-28(24)3/h4-10,13,16-17,19H,11-12,14-15,18H2,1-3H3. The van der Waals surface area contributed by atoms with E-state index in [-0.39, 0.29) is 5.91 Å². The summed E-state index contributed by atoms with van der Waals surface area (Å²) in [6, 6.07) is 16.7. The van der Waals surface area contributed by atoms with Gasteiger partial charge in [-0.15, -0.1) is 0 Å². The highest BCUT2D eigenvalue weighted by Gasteiger charge is 2.52. The van der Waals surface area contributed by atoms with E-state index in [1.54, 1.807) is 0 Å². The van der Waals surface area contributed by atoms with E-state index in [4.69, 9.17) is 0 Å². The van der Waals surface area contributed by atoms with E-state index >= 15 is 0 Å². The van der Waals surface area contributed by atoms with Crippen LogP contribution in [0, 0.1) is 0 Å². The molecule has 1 spiro atoms. The van der Waals surface area contributed by atoms with E-state index in [0.29, 0.717) is 5.92 Å². The lowest BCUT2D eigenvalue weighted by Gasteiger charge is -2.38. The van der Waals surface area contributed by atoms with E-state index in [9.17, 15) is 4.79 Å². The number of aromatic nitrogens is 2. The van der Waals surface area contributed by atoms with Crippen LogP contribution < -0.4 is 4.90 Å². The Labute approximate surface area is 184 Å². The van der Waals surface area contributed by atoms with Crippen LogP contribution >= 0.6 is 0 Å². The van der Waals surface area contributed by atoms with Gasteiger partial charge in [-0.05, 0) is 61.2 Å². The monoisotopic (exact) mass is 414 g/mol. The van der Waals surface area contributed by atoms with Crippen LogP contribution in [-0.2, 0) is 23.8 Å². The molecule has 1 amide bonds. The predicted molar refractivity (Wildman–Crippen MR) is 124 cm³/mol. The summed E-state index contributed by atoms with van der Waals surface area (Å²) in [7, 11) is 2.04. The van der Waals surface area contributed by atoms with E-state index in [1.165, 1.54) is 11.1 Å². The third kappa shape index (κ3) is 3.28. The number of amides is 1. The second-order valence-corrected chi connectivity index (χ2v) is 9.22. The van der Waals surface area contributed by atoms with E-state index in [2.05, 4.69) is 46.5 Å². The summed E-state index contributed by atoms with van der Waals surface area (Å²) in [4.78, 5) is 22.8. The number of hydrogen-bond donors (Lipinski definition) is 0. The van der Waals surface area contributed by atoms with Crippen molar-refractivity contribution in [3.05, 3.63) is 77.9 Å². The maximum absolute atomic E-state index is 14.0. The summed E-state index contributed by atoms with van der Waals surface area (Å²) in [5.41, 5.74) is 4.09. The fourth-order valence-electron chi connectivity index (χ4n) is 5.09. The van der Waals surface area contributed by atoms with Crippen molar-refractivity contribution < 1.29 is 4.79 Å². The molecule has 0 radical (unpaired) electrons. The molecule has 5 rings (SSSR count). The molecule has 5 nitrogen and oxygen atoms in total. The average molecular weight is 415 g/mol. The number of carbonyl (C=O) groups excluding carboxylic acids is 1. The van der Waals surface area contributed by atoms with Gasteiger partial charge in [0.05, 0.1) is 17.6 Å². The van der Waals surface area contributed by atoms with Crippen LogP contribution in [0.1, 0.15) is 49.6 Å². The summed E-state index contributed by atoms with van der Waals surface area (Å²) in [6.07, 6.45) is 5.52. The Morgan fingerprint density at radius 2 is 1.81 bits per heavy atom. The Balaban J connectivity index is 1.49. The van der Waals surface area contributed by atoms with Gasteiger partial charge in [0, 0.05) is 25.1 Å². The molecule has 0 aliphatic carbocycles. The summed E-state index contributed by atoms with van der Waals surface area (Å²) in [5, 5.41) is 0. The number of anilines is 2. The van der Waals surface area contributed by atoms with Gasteiger partial charge >= 0.3 is 0 Å². The molecule has 2 aliphatic heterocycles. The quantitative estimate of drug-likeness (QED) is 0.618. The van der Waals surface area contributed by atoms with Crippen LogP contribution in [0.5, 0.6) is 0 Å². The minimum Gasteiger partial charge on any atom is -0.337 e. The molecule has 3 aromatic rings. The van der Waals surface area contributed by atoms with Crippen molar-refractivity contribution in [2.24, 2.45) is 7.05 Å². The van der Waals surface area contributed by atoms with Gasteiger partial charge in [-0.25, -0.2) is 4.98 Å². The molecular formula is C26H30N4O. The van der Waals surface area contributed by atoms with Crippen molar-refractivity contribution in [1.29, 1.82) is 0 Å². The average Bonchev–Trinajstić information content (AvgIpc) is 3.29. The van der Waals surface area contributed by atoms with Gasteiger partial charge in [0.1, 0.15) is 5.82 Å². The number of aryl methyl sites for hydroxylation is 1. The van der Waals surface area contributed by atoms with Crippen LogP contribution in [0.25, 0.3) is 0 Å². The van der Waals surface area contributed by atoms with Gasteiger partial charge in [-0.1, -0.05) is 44.2 Å². The maximum atomic E-state index is 14.0. The Morgan fingerprint density at radius 3 is 2.45 bits per heavy atom. The minimum atomic E-state index is -0.436. The zero-order valence-electron chi connectivity index (χ0n) is 18.6. The first-order chi connectivity index (χ1) is 15.0. The summed E-state index contributed by atoms with van der Waals surface area (Å²) < 4.78 is 2.08. The van der Waals surface area contributed by atoms with E-state index in [0.717, 1.165) is 49.7 Å². The number of rotatable bonds is 4. The Hall–Kier alpha value is -2.92. The molecule has 1 saturated heterocycles. The van der Waals surface area contributed by atoms with Gasteiger partial charge < -0.3 is 4.57 Å². The molecular weight excluding hydrogens is 384 g/mol. The first-order valence-corrected chi connectivity index (χ1v) is 11.2. The molecule has 0 bridgehead atoms. The lowest BCUT2D eigenvalue weighted by Crippen LogP contribution is -2.47. The van der Waals surface area contributed by atoms with Gasteiger partial charge in [0.15, 0.2) is 0 Å². The molecule has 2 aliphatic rings. The zero-order valence-corrected chi connectivity index (χ0v) is 18.6. The van der Waals surface area contributed by atoms with Crippen LogP contribution in [-0.4, -0.2) is 33.4 Å². The minimum absolute atomic E-state index is 0.228. The fraction of sp³-hybridized carbons (Fsp3) is 0.385. The number of carbonyl (C=O) groups is 1. The largest absolute Gasteiger partial charge is 0.337 e. The van der Waals surface area contributed by atoms with Crippen LogP contribution in [0.4, 0.5) is 11.4 Å². The molecule has 0 atom stereocenters. The van der Waals surface area contributed by atoms with Crippen molar-refractivity contribution in [2.75, 3.05) is 18.0 Å². The smallest absolute Gasteiger partial charge is 0.242 e. The molecule has 2 aromatic carbocycles. The highest BCUT2D eigenvalue weighted by Crippen LogP contribution is 2.51. The van der Waals surface area contributed by atoms with Crippen LogP contribution in [0.3, 0.4) is 0 Å². The van der Waals surface area contributed by atoms with Crippen molar-refractivity contribution in [1.82, 2.24) is 14.5 Å². The number of benzene rings is 2. The SMILES string of the molecule is CC(C)c1ccc2c(c1)C1(CCN(Cc3nccn3C)CC1)C(=O)N2c1ccccc1. The van der Waals surface area contributed by atoms with Crippen LogP contribution in [0.2, 0.25) is 0 Å². The number of para-hydroxylation sites is 1. The molecule has 1 fully saturated rings. The van der Waals surface area contributed by atoms with E-state index in [1.807, 2.05) is 54.7 Å². The van der Waals surface area contributed by atoms with E-state index < -0.39 is 5.41 Å². The number of imidazole rings is 1. The Morgan fingerprint density at radius 1 is 1.06 bits per heavy atom. The lowest BCUT2D eigenvalue weighted by molar-refractivity contribution is -0.124. The predicted octanol–water partition coefficient (Wildman–Crippen LogP) is 4.76. The second kappa shape index (κ2) is 7.65. The Bertz CT molecular complexity index is 1090. The summed E-state index contributed by atoms with van der Waals surface area (Å²) in [5.74, 6) is 1.74. The molecule has 0 N–H and O–H groups in total. The normalized spacial score (nSPS) is 18.2. The number of fused-ring (bicyclic) bond motifs is 2. The van der Waals surface area contributed by atoms with Crippen molar-refractivity contribution >= 4 is 17.3 Å². The molecule has 31 heavy (non-hydrogen) atoms. The van der Waals surface area contributed by atoms with Crippen molar-refractivity contribution in [2.45, 2.75) is 44.6 Å². The number of nitrogens with zero attached hydrogens (tertiary/aromatic N) is 4. The Kier molecular flexibility index (Phi) is 4.94. The summed E-state index contributed by atoms with van der Waals surface area (Å²) in [6.45, 7) is 7.05. The molecule has 160 valence electrons.